The van der Waals surface area contributed by atoms with E-state index >= 15 is 0 Å². The van der Waals surface area contributed by atoms with Crippen LogP contribution in [0.4, 0.5) is 0 Å². The van der Waals surface area contributed by atoms with Gasteiger partial charge in [-0.15, -0.1) is 0 Å². The van der Waals surface area contributed by atoms with Crippen molar-refractivity contribution in [2.45, 2.75) is 18.3 Å². The molecular weight excluding hydrogens is 220 g/mol. The zero-order chi connectivity index (χ0) is 11.6. The lowest BCUT2D eigenvalue weighted by Gasteiger charge is -2.09. The van der Waals surface area contributed by atoms with Gasteiger partial charge in [0, 0.05) is 5.56 Å². The Morgan fingerprint density at radius 1 is 1.38 bits per heavy atom. The van der Waals surface area contributed by atoms with Crippen molar-refractivity contribution in [2.24, 2.45) is 0 Å². The van der Waals surface area contributed by atoms with Crippen LogP contribution in [0.5, 0.6) is 0 Å². The second kappa shape index (κ2) is 4.23. The van der Waals surface area contributed by atoms with Gasteiger partial charge in [0.25, 0.3) is 0 Å². The molecule has 0 amide bonds. The number of aliphatic carboxylic acids is 1. The fourth-order valence-electron chi connectivity index (χ4n) is 1.77. The highest BCUT2D eigenvalue weighted by molar-refractivity contribution is 7.80. The van der Waals surface area contributed by atoms with Crippen molar-refractivity contribution in [1.82, 2.24) is 0 Å². The second-order valence-corrected chi connectivity index (χ2v) is 4.24. The summed E-state index contributed by atoms with van der Waals surface area (Å²) in [6.45, 7) is 0. The molecule has 1 fully saturated rings. The SMILES string of the molecule is O=C(O)C1(c2ccc(C#CCS)cc2)CC1. The minimum Gasteiger partial charge on any atom is -0.481 e. The Kier molecular flexibility index (Phi) is 2.93. The molecule has 16 heavy (non-hydrogen) atoms. The number of rotatable bonds is 2. The Morgan fingerprint density at radius 3 is 2.44 bits per heavy atom. The van der Waals surface area contributed by atoms with Crippen molar-refractivity contribution in [2.75, 3.05) is 5.75 Å². The van der Waals surface area contributed by atoms with E-state index < -0.39 is 11.4 Å². The first-order chi connectivity index (χ1) is 7.69. The van der Waals surface area contributed by atoms with E-state index in [9.17, 15) is 4.79 Å². The summed E-state index contributed by atoms with van der Waals surface area (Å²) in [6.07, 6.45) is 1.48. The summed E-state index contributed by atoms with van der Waals surface area (Å²) in [5, 5.41) is 9.13. The minimum absolute atomic E-state index is 0.529. The fourth-order valence-corrected chi connectivity index (χ4v) is 1.84. The second-order valence-electron chi connectivity index (χ2n) is 3.92. The summed E-state index contributed by atoms with van der Waals surface area (Å²) < 4.78 is 0. The van der Waals surface area contributed by atoms with E-state index in [1.807, 2.05) is 24.3 Å². The molecule has 0 atom stereocenters. The first kappa shape index (κ1) is 11.1. The highest BCUT2D eigenvalue weighted by Gasteiger charge is 2.51. The molecule has 1 aromatic rings. The third-order valence-electron chi connectivity index (χ3n) is 2.91. The molecule has 0 heterocycles. The molecule has 0 aromatic heterocycles. The number of carboxylic acids is 1. The van der Waals surface area contributed by atoms with Gasteiger partial charge in [0.2, 0.25) is 0 Å². The van der Waals surface area contributed by atoms with Gasteiger partial charge >= 0.3 is 5.97 Å². The van der Waals surface area contributed by atoms with Crippen LogP contribution in [0, 0.1) is 11.8 Å². The highest BCUT2D eigenvalue weighted by Crippen LogP contribution is 2.48. The van der Waals surface area contributed by atoms with Crippen molar-refractivity contribution in [1.29, 1.82) is 0 Å². The van der Waals surface area contributed by atoms with E-state index in [1.165, 1.54) is 0 Å². The monoisotopic (exact) mass is 232 g/mol. The summed E-state index contributed by atoms with van der Waals surface area (Å²) in [7, 11) is 0. The van der Waals surface area contributed by atoms with Crippen molar-refractivity contribution >= 4 is 18.6 Å². The predicted molar refractivity (Wildman–Crippen MR) is 65.7 cm³/mol. The molecule has 0 unspecified atom stereocenters. The van der Waals surface area contributed by atoms with Gasteiger partial charge in [0.1, 0.15) is 0 Å². The molecular formula is C13H12O2S. The van der Waals surface area contributed by atoms with Crippen molar-refractivity contribution in [3.05, 3.63) is 35.4 Å². The lowest BCUT2D eigenvalue weighted by molar-refractivity contribution is -0.140. The summed E-state index contributed by atoms with van der Waals surface area (Å²) in [5.41, 5.74) is 1.17. The van der Waals surface area contributed by atoms with E-state index in [-0.39, 0.29) is 0 Å². The van der Waals surface area contributed by atoms with Crippen molar-refractivity contribution < 1.29 is 9.90 Å². The van der Waals surface area contributed by atoms with E-state index in [1.54, 1.807) is 0 Å². The summed E-state index contributed by atoms with van der Waals surface area (Å²) in [5.74, 6) is 5.62. The van der Waals surface area contributed by atoms with Crippen LogP contribution in [0.2, 0.25) is 0 Å². The number of thiol groups is 1. The van der Waals surface area contributed by atoms with Gasteiger partial charge in [-0.2, -0.15) is 12.6 Å². The number of carbonyl (C=O) groups is 1. The lowest BCUT2D eigenvalue weighted by Crippen LogP contribution is -2.19. The topological polar surface area (TPSA) is 37.3 Å². The largest absolute Gasteiger partial charge is 0.481 e. The van der Waals surface area contributed by atoms with Crippen LogP contribution in [0.3, 0.4) is 0 Å². The normalized spacial score (nSPS) is 16.1. The molecule has 0 spiro atoms. The fraction of sp³-hybridized carbons (Fsp3) is 0.308. The van der Waals surface area contributed by atoms with Gasteiger partial charge < -0.3 is 5.11 Å². The van der Waals surface area contributed by atoms with Gasteiger partial charge in [-0.25, -0.2) is 0 Å². The Labute approximate surface area is 100 Å². The van der Waals surface area contributed by atoms with E-state index in [0.29, 0.717) is 5.75 Å². The van der Waals surface area contributed by atoms with Crippen molar-refractivity contribution in [3.63, 3.8) is 0 Å². The number of benzene rings is 1. The molecule has 2 rings (SSSR count). The van der Waals surface area contributed by atoms with Crippen LogP contribution < -0.4 is 0 Å². The van der Waals surface area contributed by atoms with Gasteiger partial charge in [-0.3, -0.25) is 4.79 Å². The Bertz CT molecular complexity index is 461. The summed E-state index contributed by atoms with van der Waals surface area (Å²) in [4.78, 5) is 11.1. The van der Waals surface area contributed by atoms with E-state index in [2.05, 4.69) is 24.5 Å². The third kappa shape index (κ3) is 1.94. The van der Waals surface area contributed by atoms with Gasteiger partial charge in [-0.05, 0) is 30.5 Å². The summed E-state index contributed by atoms with van der Waals surface area (Å²) in [6, 6.07) is 7.47. The number of carboxylic acid groups (broad SMARTS) is 1. The highest BCUT2D eigenvalue weighted by atomic mass is 32.1. The maximum Gasteiger partial charge on any atom is 0.314 e. The van der Waals surface area contributed by atoms with Crippen LogP contribution in [0.25, 0.3) is 0 Å². The molecule has 1 aliphatic carbocycles. The van der Waals surface area contributed by atoms with E-state index in [4.69, 9.17) is 5.11 Å². The third-order valence-corrected chi connectivity index (χ3v) is 3.07. The maximum absolute atomic E-state index is 11.1. The lowest BCUT2D eigenvalue weighted by atomic mass is 9.95. The smallest absolute Gasteiger partial charge is 0.314 e. The first-order valence-electron chi connectivity index (χ1n) is 5.13. The molecule has 3 heteroatoms. The maximum atomic E-state index is 11.1. The minimum atomic E-state index is -0.721. The molecule has 1 aliphatic rings. The standard InChI is InChI=1S/C13H12O2S/c14-12(15)13(7-8-13)11-5-3-10(4-6-11)2-1-9-16/h3-6,16H,7-9H2,(H,14,15). The summed E-state index contributed by atoms with van der Waals surface area (Å²) >= 11 is 4.00. The zero-order valence-electron chi connectivity index (χ0n) is 8.73. The molecule has 1 aromatic carbocycles. The number of hydrogen-bond donors (Lipinski definition) is 2. The van der Waals surface area contributed by atoms with Gasteiger partial charge in [0.05, 0.1) is 11.2 Å². The quantitative estimate of drug-likeness (QED) is 0.605. The van der Waals surface area contributed by atoms with Crippen LogP contribution in [-0.2, 0) is 10.2 Å². The molecule has 0 radical (unpaired) electrons. The van der Waals surface area contributed by atoms with Gasteiger partial charge in [0.15, 0.2) is 0 Å². The first-order valence-corrected chi connectivity index (χ1v) is 5.76. The van der Waals surface area contributed by atoms with Crippen LogP contribution in [0.15, 0.2) is 24.3 Å². The average molecular weight is 232 g/mol. The number of hydrogen-bond acceptors (Lipinski definition) is 2. The molecule has 82 valence electrons. The zero-order valence-corrected chi connectivity index (χ0v) is 9.63. The van der Waals surface area contributed by atoms with Crippen LogP contribution in [-0.4, -0.2) is 16.8 Å². The van der Waals surface area contributed by atoms with E-state index in [0.717, 1.165) is 24.0 Å². The average Bonchev–Trinajstić information content (AvgIpc) is 3.08. The molecule has 0 aliphatic heterocycles. The molecule has 1 saturated carbocycles. The molecule has 1 N–H and O–H groups in total. The van der Waals surface area contributed by atoms with Crippen molar-refractivity contribution in [3.8, 4) is 11.8 Å². The van der Waals surface area contributed by atoms with Crippen LogP contribution in [0.1, 0.15) is 24.0 Å². The Hall–Kier alpha value is -1.40. The Morgan fingerprint density at radius 2 is 2.00 bits per heavy atom. The molecule has 0 saturated heterocycles. The Balaban J connectivity index is 2.23. The molecule has 2 nitrogen and oxygen atoms in total. The van der Waals surface area contributed by atoms with Gasteiger partial charge in [-0.1, -0.05) is 24.0 Å². The predicted octanol–water partition coefficient (Wildman–Crippen LogP) is 2.08. The molecule has 0 bridgehead atoms. The van der Waals surface area contributed by atoms with Crippen LogP contribution >= 0.6 is 12.6 Å².